The van der Waals surface area contributed by atoms with E-state index in [0.29, 0.717) is 23.2 Å². The molecule has 1 aromatic heterocycles. The number of hydrogen-bond donors (Lipinski definition) is 1. The highest BCUT2D eigenvalue weighted by Crippen LogP contribution is 2.38. The average molecular weight is 461 g/mol. The molecule has 3 rings (SSSR count). The van der Waals surface area contributed by atoms with Gasteiger partial charge in [-0.1, -0.05) is 11.8 Å². The molecule has 32 heavy (non-hydrogen) atoms. The van der Waals surface area contributed by atoms with Gasteiger partial charge in [-0.25, -0.2) is 9.37 Å². The van der Waals surface area contributed by atoms with Crippen LogP contribution >= 0.6 is 11.8 Å². The number of pyridine rings is 1. The summed E-state index contributed by atoms with van der Waals surface area (Å²) in [5.41, 5.74) is -1.22. The highest BCUT2D eigenvalue weighted by Gasteiger charge is 2.36. The number of rotatable bonds is 6. The van der Waals surface area contributed by atoms with Crippen molar-refractivity contribution < 1.29 is 27.1 Å². The number of alkyl halides is 3. The van der Waals surface area contributed by atoms with Crippen molar-refractivity contribution >= 4 is 23.4 Å². The first-order chi connectivity index (χ1) is 15.2. The number of anilines is 1. The first-order valence-electron chi connectivity index (χ1n) is 9.06. The summed E-state index contributed by atoms with van der Waals surface area (Å²) >= 11 is 0.704. The molecular weight excluding hydrogens is 446 g/mol. The van der Waals surface area contributed by atoms with Gasteiger partial charge in [0, 0.05) is 11.3 Å². The molecule has 2 aromatic carbocycles. The van der Waals surface area contributed by atoms with Gasteiger partial charge < -0.3 is 10.1 Å². The summed E-state index contributed by atoms with van der Waals surface area (Å²) < 4.78 is 59.0. The van der Waals surface area contributed by atoms with Gasteiger partial charge in [-0.15, -0.1) is 0 Å². The standard InChI is InChI=1S/C22H15F4N3O2S/c1-31-16-8-6-15(7-9-16)28-20(30)12-32-21-17(11-27)18(22(24,25)26)10-19(29-21)13-2-4-14(23)5-3-13/h2-10H,12H2,1H3,(H,28,30). The summed E-state index contributed by atoms with van der Waals surface area (Å²) in [6.07, 6.45) is -4.82. The number of thioether (sulfide) groups is 1. The minimum atomic E-state index is -4.82. The Morgan fingerprint density at radius 1 is 1.16 bits per heavy atom. The average Bonchev–Trinajstić information content (AvgIpc) is 2.77. The Bertz CT molecular complexity index is 1160. The van der Waals surface area contributed by atoms with Gasteiger partial charge in [0.15, 0.2) is 0 Å². The molecule has 1 amide bonds. The number of halogens is 4. The monoisotopic (exact) mass is 461 g/mol. The Morgan fingerprint density at radius 2 is 1.81 bits per heavy atom. The largest absolute Gasteiger partial charge is 0.497 e. The zero-order valence-corrected chi connectivity index (χ0v) is 17.4. The molecule has 1 heterocycles. The van der Waals surface area contributed by atoms with Gasteiger partial charge >= 0.3 is 6.18 Å². The van der Waals surface area contributed by atoms with E-state index in [1.54, 1.807) is 24.3 Å². The van der Waals surface area contributed by atoms with Gasteiger partial charge in [0.1, 0.15) is 22.7 Å². The molecule has 0 aliphatic heterocycles. The SMILES string of the molecule is COc1ccc(NC(=O)CSc2nc(-c3ccc(F)cc3)cc(C(F)(F)F)c2C#N)cc1. The number of aromatic nitrogens is 1. The maximum Gasteiger partial charge on any atom is 0.417 e. The molecule has 1 N–H and O–H groups in total. The van der Waals surface area contributed by atoms with Crippen molar-refractivity contribution in [3.05, 3.63) is 71.5 Å². The van der Waals surface area contributed by atoms with Gasteiger partial charge in [-0.2, -0.15) is 18.4 Å². The summed E-state index contributed by atoms with van der Waals surface area (Å²) in [7, 11) is 1.50. The van der Waals surface area contributed by atoms with Gasteiger partial charge in [0.05, 0.1) is 29.7 Å². The third-order valence-corrected chi connectivity index (χ3v) is 5.23. The first-order valence-corrected chi connectivity index (χ1v) is 10.0. The number of ether oxygens (including phenoxy) is 1. The van der Waals surface area contributed by atoms with Crippen molar-refractivity contribution in [2.45, 2.75) is 11.2 Å². The van der Waals surface area contributed by atoms with Crippen LogP contribution in [0.3, 0.4) is 0 Å². The van der Waals surface area contributed by atoms with Gasteiger partial charge in [0.25, 0.3) is 0 Å². The van der Waals surface area contributed by atoms with E-state index < -0.39 is 29.0 Å². The van der Waals surface area contributed by atoms with E-state index in [1.165, 1.54) is 25.3 Å². The summed E-state index contributed by atoms with van der Waals surface area (Å²) in [5.74, 6) is -0.731. The smallest absolute Gasteiger partial charge is 0.417 e. The van der Waals surface area contributed by atoms with E-state index >= 15 is 0 Å². The predicted octanol–water partition coefficient (Wildman–Crippen LogP) is 5.52. The number of nitriles is 1. The van der Waals surface area contributed by atoms with Crippen LogP contribution in [0, 0.1) is 17.1 Å². The maximum absolute atomic E-state index is 13.6. The molecule has 10 heteroatoms. The van der Waals surface area contributed by atoms with Crippen molar-refractivity contribution in [1.82, 2.24) is 4.98 Å². The normalized spacial score (nSPS) is 11.0. The lowest BCUT2D eigenvalue weighted by Gasteiger charge is -2.14. The maximum atomic E-state index is 13.6. The molecular formula is C22H15F4N3O2S. The predicted molar refractivity (Wildman–Crippen MR) is 112 cm³/mol. The fraction of sp³-hybridized carbons (Fsp3) is 0.136. The summed E-state index contributed by atoms with van der Waals surface area (Å²) in [5, 5.41) is 11.7. The van der Waals surface area contributed by atoms with Crippen molar-refractivity contribution in [2.75, 3.05) is 18.2 Å². The quantitative estimate of drug-likeness (QED) is 0.387. The molecule has 0 atom stereocenters. The second kappa shape index (κ2) is 9.70. The van der Waals surface area contributed by atoms with Gasteiger partial charge in [-0.05, 0) is 54.6 Å². The van der Waals surface area contributed by atoms with Crippen LogP contribution in [0.1, 0.15) is 11.1 Å². The Kier molecular flexibility index (Phi) is 7.00. The number of nitrogens with one attached hydrogen (secondary N) is 1. The number of hydrogen-bond acceptors (Lipinski definition) is 5. The summed E-state index contributed by atoms with van der Waals surface area (Å²) in [6, 6.07) is 13.5. The molecule has 0 saturated carbocycles. The van der Waals surface area contributed by atoms with Crippen molar-refractivity contribution in [3.63, 3.8) is 0 Å². The lowest BCUT2D eigenvalue weighted by atomic mass is 10.1. The van der Waals surface area contributed by atoms with E-state index in [-0.39, 0.29) is 22.0 Å². The summed E-state index contributed by atoms with van der Waals surface area (Å²) in [6.45, 7) is 0. The molecule has 0 fully saturated rings. The fourth-order valence-corrected chi connectivity index (χ4v) is 3.53. The van der Waals surface area contributed by atoms with E-state index in [9.17, 15) is 27.6 Å². The van der Waals surface area contributed by atoms with Crippen molar-refractivity contribution in [3.8, 4) is 23.1 Å². The fourth-order valence-electron chi connectivity index (χ4n) is 2.73. The lowest BCUT2D eigenvalue weighted by Crippen LogP contribution is -2.15. The third kappa shape index (κ3) is 5.56. The number of carbonyl (C=O) groups is 1. The molecule has 0 saturated heterocycles. The molecule has 3 aromatic rings. The Labute approximate surface area is 185 Å². The van der Waals surface area contributed by atoms with Crippen LogP contribution in [0.5, 0.6) is 5.75 Å². The number of nitrogens with zero attached hydrogens (tertiary/aromatic N) is 2. The van der Waals surface area contributed by atoms with Crippen LogP contribution < -0.4 is 10.1 Å². The van der Waals surface area contributed by atoms with Crippen LogP contribution in [0.25, 0.3) is 11.3 Å². The van der Waals surface area contributed by atoms with Crippen molar-refractivity contribution in [1.29, 1.82) is 5.26 Å². The number of carbonyl (C=O) groups excluding carboxylic acids is 1. The molecule has 5 nitrogen and oxygen atoms in total. The minimum Gasteiger partial charge on any atom is -0.497 e. The Morgan fingerprint density at radius 3 is 2.38 bits per heavy atom. The zero-order valence-electron chi connectivity index (χ0n) is 16.5. The van der Waals surface area contributed by atoms with Crippen LogP contribution in [-0.2, 0) is 11.0 Å². The Hall–Kier alpha value is -3.58. The second-order valence-corrected chi connectivity index (χ2v) is 7.38. The second-order valence-electron chi connectivity index (χ2n) is 6.42. The molecule has 0 spiro atoms. The van der Waals surface area contributed by atoms with Crippen molar-refractivity contribution in [2.24, 2.45) is 0 Å². The molecule has 0 aliphatic carbocycles. The highest BCUT2D eigenvalue weighted by molar-refractivity contribution is 8.00. The highest BCUT2D eigenvalue weighted by atomic mass is 32.2. The molecule has 0 radical (unpaired) electrons. The van der Waals surface area contributed by atoms with E-state index in [0.717, 1.165) is 18.2 Å². The Balaban J connectivity index is 1.88. The number of benzene rings is 2. The van der Waals surface area contributed by atoms with E-state index in [4.69, 9.17) is 4.74 Å². The first kappa shape index (κ1) is 23.1. The lowest BCUT2D eigenvalue weighted by molar-refractivity contribution is -0.138. The molecule has 0 aliphatic rings. The third-order valence-electron chi connectivity index (χ3n) is 4.26. The van der Waals surface area contributed by atoms with E-state index in [1.807, 2.05) is 0 Å². The molecule has 0 unspecified atom stereocenters. The van der Waals surface area contributed by atoms with Crippen LogP contribution in [-0.4, -0.2) is 23.8 Å². The minimum absolute atomic E-state index is 0.0885. The summed E-state index contributed by atoms with van der Waals surface area (Å²) in [4.78, 5) is 16.4. The number of methoxy groups -OCH3 is 1. The van der Waals surface area contributed by atoms with Crippen LogP contribution in [0.2, 0.25) is 0 Å². The molecule has 0 bridgehead atoms. The van der Waals surface area contributed by atoms with E-state index in [2.05, 4.69) is 10.3 Å². The van der Waals surface area contributed by atoms with Crippen LogP contribution in [0.15, 0.2) is 59.6 Å². The van der Waals surface area contributed by atoms with Gasteiger partial charge in [-0.3, -0.25) is 4.79 Å². The number of amides is 1. The zero-order chi connectivity index (χ0) is 23.3. The van der Waals surface area contributed by atoms with Gasteiger partial charge in [0.2, 0.25) is 5.91 Å². The topological polar surface area (TPSA) is 75.0 Å². The molecule has 164 valence electrons. The van der Waals surface area contributed by atoms with Crippen LogP contribution in [0.4, 0.5) is 23.2 Å².